The molecule has 1 N–H and O–H groups in total. The molecule has 0 aliphatic heterocycles. The topological polar surface area (TPSA) is 108 Å². The third kappa shape index (κ3) is 4.11. The van der Waals surface area contributed by atoms with Crippen molar-refractivity contribution in [1.29, 1.82) is 0 Å². The quantitative estimate of drug-likeness (QED) is 0.477. The Morgan fingerprint density at radius 3 is 2.65 bits per heavy atom. The highest BCUT2D eigenvalue weighted by Crippen LogP contribution is 2.28. The van der Waals surface area contributed by atoms with Crippen LogP contribution in [0.2, 0.25) is 0 Å². The summed E-state index contributed by atoms with van der Waals surface area (Å²) in [6.07, 6.45) is 1.55. The summed E-state index contributed by atoms with van der Waals surface area (Å²) in [4.78, 5) is 28.9. The van der Waals surface area contributed by atoms with Crippen LogP contribution in [0.1, 0.15) is 16.1 Å². The number of furan rings is 1. The third-order valence-corrected chi connectivity index (χ3v) is 4.68. The molecule has 0 spiro atoms. The van der Waals surface area contributed by atoms with Gasteiger partial charge in [-0.3, -0.25) is 9.48 Å². The van der Waals surface area contributed by atoms with Crippen molar-refractivity contribution >= 4 is 28.6 Å². The summed E-state index contributed by atoms with van der Waals surface area (Å²) < 4.78 is 17.0. The van der Waals surface area contributed by atoms with Crippen LogP contribution in [0.5, 0.6) is 5.75 Å². The summed E-state index contributed by atoms with van der Waals surface area (Å²) in [7, 11) is 3.07. The van der Waals surface area contributed by atoms with Crippen LogP contribution < -0.4 is 10.1 Å². The molecule has 158 valence electrons. The summed E-state index contributed by atoms with van der Waals surface area (Å²) in [5.41, 5.74) is 2.84. The number of benzene rings is 1. The van der Waals surface area contributed by atoms with E-state index in [1.165, 1.54) is 7.11 Å². The molecule has 0 bridgehead atoms. The van der Waals surface area contributed by atoms with Gasteiger partial charge in [0.2, 0.25) is 0 Å². The molecule has 0 aliphatic rings. The molecule has 0 fully saturated rings. The summed E-state index contributed by atoms with van der Waals surface area (Å²) in [6.45, 7) is 1.65. The molecule has 9 nitrogen and oxygen atoms in total. The second kappa shape index (κ2) is 8.31. The van der Waals surface area contributed by atoms with Crippen molar-refractivity contribution in [3.8, 4) is 17.2 Å². The number of aryl methyl sites for hydroxylation is 2. The molecule has 0 saturated heterocycles. The lowest BCUT2D eigenvalue weighted by Crippen LogP contribution is -2.14. The Hall–Kier alpha value is -4.14. The van der Waals surface area contributed by atoms with Crippen LogP contribution in [0.15, 0.2) is 53.1 Å². The Kier molecular flexibility index (Phi) is 5.40. The number of aromatic nitrogens is 3. The number of ether oxygens (including phenoxy) is 2. The van der Waals surface area contributed by atoms with E-state index in [1.54, 1.807) is 60.5 Å². The van der Waals surface area contributed by atoms with Crippen molar-refractivity contribution in [1.82, 2.24) is 14.8 Å². The van der Waals surface area contributed by atoms with Gasteiger partial charge in [-0.2, -0.15) is 5.10 Å². The average Bonchev–Trinajstić information content (AvgIpc) is 3.41. The molecule has 0 unspecified atom stereocenters. The van der Waals surface area contributed by atoms with E-state index in [-0.39, 0.29) is 12.5 Å². The SMILES string of the molecule is COC(=O)COc1ccc(NC(=O)c2cc(-c3ccco3)nc3c2c(C)nn3C)cc1. The molecular formula is C22H20N4O5. The molecule has 0 aliphatic carbocycles. The van der Waals surface area contributed by atoms with Gasteiger partial charge in [-0.1, -0.05) is 0 Å². The molecule has 1 amide bonds. The first-order valence-corrected chi connectivity index (χ1v) is 9.45. The van der Waals surface area contributed by atoms with E-state index in [0.29, 0.717) is 45.2 Å². The Morgan fingerprint density at radius 2 is 1.97 bits per heavy atom. The fourth-order valence-corrected chi connectivity index (χ4v) is 3.21. The van der Waals surface area contributed by atoms with E-state index < -0.39 is 5.97 Å². The van der Waals surface area contributed by atoms with Gasteiger partial charge in [0.05, 0.1) is 30.0 Å². The zero-order valence-corrected chi connectivity index (χ0v) is 17.2. The average molecular weight is 420 g/mol. The highest BCUT2D eigenvalue weighted by Gasteiger charge is 2.20. The Balaban J connectivity index is 1.62. The Morgan fingerprint density at radius 1 is 1.19 bits per heavy atom. The van der Waals surface area contributed by atoms with Gasteiger partial charge < -0.3 is 19.2 Å². The number of carbonyl (C=O) groups is 2. The molecule has 0 saturated carbocycles. The number of rotatable bonds is 6. The van der Waals surface area contributed by atoms with Gasteiger partial charge in [0.1, 0.15) is 11.4 Å². The first kappa shape index (κ1) is 20.1. The smallest absolute Gasteiger partial charge is 0.343 e. The van der Waals surface area contributed by atoms with Crippen molar-refractivity contribution in [3.05, 3.63) is 60.0 Å². The first-order valence-electron chi connectivity index (χ1n) is 9.45. The van der Waals surface area contributed by atoms with Gasteiger partial charge in [0.25, 0.3) is 5.91 Å². The number of pyridine rings is 1. The van der Waals surface area contributed by atoms with Crippen molar-refractivity contribution in [3.63, 3.8) is 0 Å². The standard InChI is InChI=1S/C22H20N4O5/c1-13-20-16(11-17(18-5-4-10-30-18)24-21(20)26(2)25-13)22(28)23-14-6-8-15(9-7-14)31-12-19(27)29-3/h4-11H,12H2,1-3H3,(H,23,28). The number of nitrogens with one attached hydrogen (secondary N) is 1. The van der Waals surface area contributed by atoms with E-state index in [1.807, 2.05) is 6.92 Å². The van der Waals surface area contributed by atoms with Crippen LogP contribution in [-0.2, 0) is 16.6 Å². The number of hydrogen-bond acceptors (Lipinski definition) is 7. The molecule has 3 heterocycles. The van der Waals surface area contributed by atoms with Crippen LogP contribution in [0.3, 0.4) is 0 Å². The van der Waals surface area contributed by atoms with E-state index in [9.17, 15) is 9.59 Å². The minimum absolute atomic E-state index is 0.187. The molecule has 31 heavy (non-hydrogen) atoms. The van der Waals surface area contributed by atoms with Crippen LogP contribution >= 0.6 is 0 Å². The summed E-state index contributed by atoms with van der Waals surface area (Å²) in [5, 5.41) is 7.96. The van der Waals surface area contributed by atoms with Gasteiger partial charge in [0, 0.05) is 12.7 Å². The largest absolute Gasteiger partial charge is 0.482 e. The first-order chi connectivity index (χ1) is 15.0. The predicted molar refractivity (Wildman–Crippen MR) is 113 cm³/mol. The second-order valence-electron chi connectivity index (χ2n) is 6.78. The number of amides is 1. The maximum absolute atomic E-state index is 13.2. The normalized spacial score (nSPS) is 10.8. The third-order valence-electron chi connectivity index (χ3n) is 4.68. The second-order valence-corrected chi connectivity index (χ2v) is 6.78. The van der Waals surface area contributed by atoms with E-state index in [2.05, 4.69) is 20.1 Å². The number of hydrogen-bond donors (Lipinski definition) is 1. The molecular weight excluding hydrogens is 400 g/mol. The number of anilines is 1. The van der Waals surface area contributed by atoms with Gasteiger partial charge in [-0.05, 0) is 49.4 Å². The lowest BCUT2D eigenvalue weighted by molar-refractivity contribution is -0.142. The molecule has 1 aromatic carbocycles. The number of esters is 1. The number of methoxy groups -OCH3 is 1. The molecule has 3 aromatic heterocycles. The predicted octanol–water partition coefficient (Wildman–Crippen LogP) is 3.34. The van der Waals surface area contributed by atoms with Crippen LogP contribution in [0.25, 0.3) is 22.5 Å². The van der Waals surface area contributed by atoms with Gasteiger partial charge in [-0.25, -0.2) is 9.78 Å². The maximum Gasteiger partial charge on any atom is 0.343 e. The highest BCUT2D eigenvalue weighted by atomic mass is 16.6. The summed E-state index contributed by atoms with van der Waals surface area (Å²) in [6, 6.07) is 11.9. The van der Waals surface area contributed by atoms with Crippen molar-refractivity contribution in [2.24, 2.45) is 7.05 Å². The zero-order chi connectivity index (χ0) is 22.0. The van der Waals surface area contributed by atoms with Gasteiger partial charge in [0.15, 0.2) is 18.0 Å². The van der Waals surface area contributed by atoms with Crippen molar-refractivity contribution in [2.75, 3.05) is 19.0 Å². The van der Waals surface area contributed by atoms with E-state index in [4.69, 9.17) is 9.15 Å². The molecule has 9 heteroatoms. The van der Waals surface area contributed by atoms with Crippen molar-refractivity contribution in [2.45, 2.75) is 6.92 Å². The number of carbonyl (C=O) groups excluding carboxylic acids is 2. The monoisotopic (exact) mass is 420 g/mol. The molecule has 4 aromatic rings. The molecule has 0 radical (unpaired) electrons. The zero-order valence-electron chi connectivity index (χ0n) is 17.2. The van der Waals surface area contributed by atoms with E-state index in [0.717, 1.165) is 0 Å². The highest BCUT2D eigenvalue weighted by molar-refractivity contribution is 6.13. The lowest BCUT2D eigenvalue weighted by atomic mass is 10.1. The van der Waals surface area contributed by atoms with Crippen LogP contribution in [0, 0.1) is 6.92 Å². The molecule has 0 atom stereocenters. The van der Waals surface area contributed by atoms with Crippen LogP contribution in [-0.4, -0.2) is 40.4 Å². The van der Waals surface area contributed by atoms with Crippen LogP contribution in [0.4, 0.5) is 5.69 Å². The van der Waals surface area contributed by atoms with Gasteiger partial charge in [-0.15, -0.1) is 0 Å². The summed E-state index contributed by atoms with van der Waals surface area (Å²) >= 11 is 0. The Bertz CT molecular complexity index is 1240. The Labute approximate surface area is 177 Å². The van der Waals surface area contributed by atoms with E-state index >= 15 is 0 Å². The fourth-order valence-electron chi connectivity index (χ4n) is 3.21. The number of fused-ring (bicyclic) bond motifs is 1. The minimum Gasteiger partial charge on any atom is -0.482 e. The number of nitrogens with zero attached hydrogens (tertiary/aromatic N) is 3. The molecule has 4 rings (SSSR count). The van der Waals surface area contributed by atoms with Crippen molar-refractivity contribution < 1.29 is 23.5 Å². The van der Waals surface area contributed by atoms with Gasteiger partial charge >= 0.3 is 5.97 Å². The summed E-state index contributed by atoms with van der Waals surface area (Å²) in [5.74, 6) is 0.262. The minimum atomic E-state index is -0.474. The lowest BCUT2D eigenvalue weighted by Gasteiger charge is -2.10. The maximum atomic E-state index is 13.2. The fraction of sp³-hybridized carbons (Fsp3) is 0.182.